The Labute approximate surface area is 172 Å². The zero-order valence-corrected chi connectivity index (χ0v) is 16.6. The lowest BCUT2D eigenvalue weighted by molar-refractivity contribution is 0.0827. The van der Waals surface area contributed by atoms with Gasteiger partial charge in [-0.05, 0) is 31.2 Å². The molecule has 0 saturated heterocycles. The molecule has 1 N–H and O–H groups in total. The fourth-order valence-electron chi connectivity index (χ4n) is 2.85. The Bertz CT molecular complexity index is 1280. The van der Waals surface area contributed by atoms with Gasteiger partial charge in [-0.3, -0.25) is 14.6 Å². The maximum absolute atomic E-state index is 12.1. The highest BCUT2D eigenvalue weighted by Crippen LogP contribution is 2.25. The molecule has 0 spiro atoms. The van der Waals surface area contributed by atoms with Crippen molar-refractivity contribution in [3.05, 3.63) is 70.4 Å². The van der Waals surface area contributed by atoms with Crippen LogP contribution in [0.15, 0.2) is 58.0 Å². The Kier molecular flexibility index (Phi) is 4.93. The fourth-order valence-corrected chi connectivity index (χ4v) is 2.85. The van der Waals surface area contributed by atoms with Gasteiger partial charge >= 0.3 is 0 Å². The molecule has 30 heavy (non-hydrogen) atoms. The summed E-state index contributed by atoms with van der Waals surface area (Å²) in [5.74, 6) is 0.191. The molecule has 4 aromatic rings. The van der Waals surface area contributed by atoms with Gasteiger partial charge in [-0.1, -0.05) is 12.1 Å². The molecule has 4 rings (SSSR count). The van der Waals surface area contributed by atoms with E-state index in [1.54, 1.807) is 51.5 Å². The summed E-state index contributed by atoms with van der Waals surface area (Å²) in [5, 5.41) is 8.00. The number of aromatic nitrogens is 5. The minimum Gasteiger partial charge on any atom is -0.414 e. The van der Waals surface area contributed by atoms with Gasteiger partial charge in [0.1, 0.15) is 11.3 Å². The first-order chi connectivity index (χ1) is 14.4. The first-order valence-corrected chi connectivity index (χ1v) is 9.11. The first-order valence-electron chi connectivity index (χ1n) is 9.11. The van der Waals surface area contributed by atoms with Crippen LogP contribution in [0.25, 0.3) is 34.3 Å². The third-order valence-electron chi connectivity index (χ3n) is 4.47. The molecule has 1 amide bonds. The summed E-state index contributed by atoms with van der Waals surface area (Å²) < 4.78 is 5.69. The van der Waals surface area contributed by atoms with Gasteiger partial charge in [0.15, 0.2) is 0 Å². The minimum absolute atomic E-state index is 0. The number of carbonyl (C=O) groups excluding carboxylic acids is 1. The normalized spacial score (nSPS) is 10.8. The smallest absolute Gasteiger partial charge is 0.268 e. The summed E-state index contributed by atoms with van der Waals surface area (Å²) in [5.41, 5.74) is 2.95. The van der Waals surface area contributed by atoms with Crippen LogP contribution in [-0.2, 0) is 0 Å². The zero-order chi connectivity index (χ0) is 21.3. The number of carbonyl (C=O) groups is 1. The van der Waals surface area contributed by atoms with E-state index in [1.165, 1.54) is 11.1 Å². The quantitative estimate of drug-likeness (QED) is 0.555. The predicted molar refractivity (Wildman–Crippen MR) is 112 cm³/mol. The number of H-pyrrole nitrogens is 1. The number of aryl methyl sites for hydroxylation is 1. The molecule has 0 aliphatic heterocycles. The van der Waals surface area contributed by atoms with Crippen LogP contribution in [0, 0.1) is 6.92 Å². The second kappa shape index (κ2) is 7.70. The largest absolute Gasteiger partial charge is 0.414 e. The van der Waals surface area contributed by atoms with Crippen LogP contribution >= 0.6 is 0 Å². The van der Waals surface area contributed by atoms with E-state index in [0.29, 0.717) is 22.6 Å². The number of nitrogens with one attached hydrogen (secondary N) is 1. The van der Waals surface area contributed by atoms with Crippen molar-refractivity contribution >= 4 is 5.91 Å². The summed E-state index contributed by atoms with van der Waals surface area (Å²) in [6, 6.07) is 10.4. The molecular weight excluding hydrogens is 384 g/mol. The Morgan fingerprint density at radius 3 is 2.53 bits per heavy atom. The van der Waals surface area contributed by atoms with Crippen LogP contribution in [0.2, 0.25) is 0 Å². The lowest BCUT2D eigenvalue weighted by Crippen LogP contribution is -2.21. The first kappa shape index (κ1) is 19.2. The molecule has 3 aromatic heterocycles. The fraction of sp³-hybridized carbons (Fsp3) is 0.143. The van der Waals surface area contributed by atoms with E-state index in [1.807, 2.05) is 12.1 Å². The van der Waals surface area contributed by atoms with Gasteiger partial charge in [0.25, 0.3) is 23.2 Å². The molecule has 0 bridgehead atoms. The van der Waals surface area contributed by atoms with Crippen molar-refractivity contribution in [2.45, 2.75) is 6.92 Å². The average molecular weight is 404 g/mol. The lowest BCUT2D eigenvalue weighted by Gasteiger charge is -2.10. The van der Waals surface area contributed by atoms with E-state index >= 15 is 0 Å². The van der Waals surface area contributed by atoms with Crippen LogP contribution in [-0.4, -0.2) is 50.1 Å². The van der Waals surface area contributed by atoms with Gasteiger partial charge in [-0.15, -0.1) is 10.2 Å². The summed E-state index contributed by atoms with van der Waals surface area (Å²) in [6.07, 6.45) is 3.17. The van der Waals surface area contributed by atoms with Crippen molar-refractivity contribution in [2.75, 3.05) is 14.1 Å². The Balaban J connectivity index is 0.00000272. The minimum atomic E-state index is -0.323. The van der Waals surface area contributed by atoms with Crippen LogP contribution in [0.1, 0.15) is 17.5 Å². The summed E-state index contributed by atoms with van der Waals surface area (Å²) >= 11 is 0. The second-order valence-corrected chi connectivity index (χ2v) is 6.79. The van der Waals surface area contributed by atoms with Gasteiger partial charge in [0.2, 0.25) is 0 Å². The molecule has 9 nitrogen and oxygen atoms in total. The van der Waals surface area contributed by atoms with E-state index in [-0.39, 0.29) is 30.2 Å². The van der Waals surface area contributed by atoms with Gasteiger partial charge in [-0.2, -0.15) is 0 Å². The molecule has 3 heterocycles. The molecule has 152 valence electrons. The monoisotopic (exact) mass is 404 g/mol. The Morgan fingerprint density at radius 1 is 1.10 bits per heavy atom. The van der Waals surface area contributed by atoms with Crippen molar-refractivity contribution in [1.82, 2.24) is 30.0 Å². The molecule has 0 saturated carbocycles. The van der Waals surface area contributed by atoms with Crippen molar-refractivity contribution in [1.29, 1.82) is 0 Å². The number of benzene rings is 1. The van der Waals surface area contributed by atoms with E-state index in [0.717, 1.165) is 5.56 Å². The van der Waals surface area contributed by atoms with Crippen molar-refractivity contribution in [2.24, 2.45) is 0 Å². The highest BCUT2D eigenvalue weighted by atomic mass is 16.4. The van der Waals surface area contributed by atoms with E-state index < -0.39 is 0 Å². The van der Waals surface area contributed by atoms with E-state index in [9.17, 15) is 9.59 Å². The maximum Gasteiger partial charge on any atom is 0.268 e. The number of hydrogen-bond donors (Lipinski definition) is 1. The van der Waals surface area contributed by atoms with Crippen LogP contribution in [0.3, 0.4) is 0 Å². The van der Waals surface area contributed by atoms with Crippen molar-refractivity contribution < 1.29 is 10.6 Å². The lowest BCUT2D eigenvalue weighted by atomic mass is 10.1. The molecule has 0 aliphatic rings. The van der Waals surface area contributed by atoms with Gasteiger partial charge in [-0.25, -0.2) is 4.98 Å². The summed E-state index contributed by atoms with van der Waals surface area (Å²) in [7, 11) is 3.41. The third-order valence-corrected chi connectivity index (χ3v) is 4.47. The Morgan fingerprint density at radius 2 is 1.83 bits per heavy atom. The number of rotatable bonds is 4. The number of aromatic amines is 1. The van der Waals surface area contributed by atoms with E-state index in [2.05, 4.69) is 25.1 Å². The molecule has 0 unspecified atom stereocenters. The second-order valence-electron chi connectivity index (χ2n) is 6.79. The van der Waals surface area contributed by atoms with Crippen LogP contribution in [0.4, 0.5) is 0 Å². The number of nitrogens with zero attached hydrogens (tertiary/aromatic N) is 5. The topological polar surface area (TPSA) is 118 Å². The predicted octanol–water partition coefficient (Wildman–Crippen LogP) is 2.81. The summed E-state index contributed by atoms with van der Waals surface area (Å²) in [4.78, 5) is 37.1. The number of hydrogen-bond acceptors (Lipinski definition) is 7. The van der Waals surface area contributed by atoms with Crippen LogP contribution in [0.5, 0.6) is 0 Å². The standard InChI is InChI=1S/C21H18N6O3.H2/c1-12-17(20-26-25-19(30-20)15-5-4-10-22-18(15)28)24-16(11-23-12)13-6-8-14(9-7-13)21(29)27(2)3;/h4-11H,1-3H3,(H,22,28);1H. The molecule has 9 heteroatoms. The Hall–Kier alpha value is -4.14. The van der Waals surface area contributed by atoms with Gasteiger partial charge in [0.05, 0.1) is 17.6 Å². The highest BCUT2D eigenvalue weighted by Gasteiger charge is 2.17. The number of pyridine rings is 1. The van der Waals surface area contributed by atoms with Gasteiger partial charge < -0.3 is 14.3 Å². The number of amides is 1. The van der Waals surface area contributed by atoms with Gasteiger partial charge in [0, 0.05) is 32.8 Å². The van der Waals surface area contributed by atoms with Crippen LogP contribution < -0.4 is 5.56 Å². The van der Waals surface area contributed by atoms with Crippen molar-refractivity contribution in [3.63, 3.8) is 0 Å². The molecule has 0 atom stereocenters. The SMILES string of the molecule is Cc1ncc(-c2ccc(C(=O)N(C)C)cc2)nc1-c1nnc(-c2ccc[nH]c2=O)o1.[HH]. The third kappa shape index (κ3) is 3.60. The maximum atomic E-state index is 12.1. The molecule has 0 radical (unpaired) electrons. The molecule has 1 aromatic carbocycles. The van der Waals surface area contributed by atoms with E-state index in [4.69, 9.17) is 4.42 Å². The van der Waals surface area contributed by atoms with Crippen molar-refractivity contribution in [3.8, 4) is 34.3 Å². The molecular formula is C21H20N6O3. The zero-order valence-electron chi connectivity index (χ0n) is 16.6. The summed E-state index contributed by atoms with van der Waals surface area (Å²) in [6.45, 7) is 1.78. The molecule has 0 fully saturated rings. The highest BCUT2D eigenvalue weighted by molar-refractivity contribution is 5.94. The molecule has 0 aliphatic carbocycles. The average Bonchev–Trinajstić information content (AvgIpc) is 3.23.